The lowest BCUT2D eigenvalue weighted by Crippen LogP contribution is -2.49. The molecule has 4 aliphatic rings. The van der Waals surface area contributed by atoms with E-state index in [0.717, 1.165) is 17.8 Å². The Morgan fingerprint density at radius 1 is 1.00 bits per heavy atom. The molecule has 0 saturated heterocycles. The normalized spacial score (nSPS) is 51.0. The van der Waals surface area contributed by atoms with Gasteiger partial charge in [0, 0.05) is 0 Å². The number of rotatable bonds is 0. The summed E-state index contributed by atoms with van der Waals surface area (Å²) in [5, 5.41) is 0. The van der Waals surface area contributed by atoms with Gasteiger partial charge >= 0.3 is 0 Å². The van der Waals surface area contributed by atoms with Crippen molar-refractivity contribution in [2.24, 2.45) is 28.6 Å². The molecule has 0 heterocycles. The molecule has 3 saturated carbocycles. The minimum absolute atomic E-state index is 0.493. The van der Waals surface area contributed by atoms with Gasteiger partial charge in [-0.15, -0.1) is 0 Å². The Balaban J connectivity index is 1.70. The van der Waals surface area contributed by atoms with Gasteiger partial charge in [0.1, 0.15) is 0 Å². The SMILES string of the molecule is C=C1CC[C@H]2[C@@H]3CCC4=CCCC[C@]4(C)[C@@H]3CC[C@]12C. The maximum absolute atomic E-state index is 4.44. The van der Waals surface area contributed by atoms with Crippen molar-refractivity contribution in [3.05, 3.63) is 23.8 Å². The van der Waals surface area contributed by atoms with Crippen LogP contribution in [0.25, 0.3) is 0 Å². The number of allylic oxidation sites excluding steroid dienone is 3. The second-order valence-corrected chi connectivity index (χ2v) is 8.55. The highest BCUT2D eigenvalue weighted by molar-refractivity contribution is 5.27. The Morgan fingerprint density at radius 3 is 2.65 bits per heavy atom. The van der Waals surface area contributed by atoms with Gasteiger partial charge in [-0.3, -0.25) is 0 Å². The van der Waals surface area contributed by atoms with Crippen molar-refractivity contribution in [1.29, 1.82) is 0 Å². The zero-order chi connectivity index (χ0) is 14.0. The molecule has 0 spiro atoms. The van der Waals surface area contributed by atoms with E-state index in [1.807, 2.05) is 5.57 Å². The summed E-state index contributed by atoms with van der Waals surface area (Å²) in [5.41, 5.74) is 4.47. The van der Waals surface area contributed by atoms with Crippen LogP contribution in [-0.4, -0.2) is 0 Å². The molecule has 20 heavy (non-hydrogen) atoms. The number of hydrogen-bond donors (Lipinski definition) is 0. The van der Waals surface area contributed by atoms with Crippen molar-refractivity contribution in [3.63, 3.8) is 0 Å². The molecular formula is C20H30. The summed E-state index contributed by atoms with van der Waals surface area (Å²) in [6, 6.07) is 0. The van der Waals surface area contributed by atoms with Crippen LogP contribution in [0.2, 0.25) is 0 Å². The summed E-state index contributed by atoms with van der Waals surface area (Å²) in [5.74, 6) is 2.93. The molecular weight excluding hydrogens is 240 g/mol. The van der Waals surface area contributed by atoms with E-state index >= 15 is 0 Å². The van der Waals surface area contributed by atoms with Crippen molar-refractivity contribution in [3.8, 4) is 0 Å². The molecule has 0 heteroatoms. The lowest BCUT2D eigenvalue weighted by molar-refractivity contribution is -0.0253. The minimum atomic E-state index is 0.493. The molecule has 0 unspecified atom stereocenters. The molecule has 5 atom stereocenters. The second kappa shape index (κ2) is 4.24. The Kier molecular flexibility index (Phi) is 2.79. The van der Waals surface area contributed by atoms with Crippen molar-refractivity contribution < 1.29 is 0 Å². The van der Waals surface area contributed by atoms with E-state index in [2.05, 4.69) is 26.5 Å². The highest BCUT2D eigenvalue weighted by Crippen LogP contribution is 2.66. The molecule has 0 N–H and O–H groups in total. The maximum Gasteiger partial charge on any atom is -0.00853 e. The minimum Gasteiger partial charge on any atom is -0.0993 e. The van der Waals surface area contributed by atoms with Crippen molar-refractivity contribution in [2.75, 3.05) is 0 Å². The fourth-order valence-electron chi connectivity index (χ4n) is 6.66. The predicted molar refractivity (Wildman–Crippen MR) is 85.5 cm³/mol. The van der Waals surface area contributed by atoms with E-state index in [4.69, 9.17) is 0 Å². The lowest BCUT2D eigenvalue weighted by Gasteiger charge is -2.57. The van der Waals surface area contributed by atoms with E-state index in [-0.39, 0.29) is 0 Å². The summed E-state index contributed by atoms with van der Waals surface area (Å²) < 4.78 is 0. The van der Waals surface area contributed by atoms with Gasteiger partial charge in [-0.05, 0) is 86.4 Å². The van der Waals surface area contributed by atoms with E-state index in [0.29, 0.717) is 10.8 Å². The Labute approximate surface area is 124 Å². The summed E-state index contributed by atoms with van der Waals surface area (Å²) in [6.07, 6.45) is 15.3. The largest absolute Gasteiger partial charge is 0.0993 e. The van der Waals surface area contributed by atoms with Crippen molar-refractivity contribution in [1.82, 2.24) is 0 Å². The smallest absolute Gasteiger partial charge is 0.00853 e. The Bertz CT molecular complexity index is 470. The predicted octanol–water partition coefficient (Wildman–Crippen LogP) is 5.90. The van der Waals surface area contributed by atoms with Gasteiger partial charge in [0.2, 0.25) is 0 Å². The molecule has 0 aliphatic heterocycles. The first-order valence-corrected chi connectivity index (χ1v) is 8.93. The van der Waals surface area contributed by atoms with Crippen LogP contribution in [0, 0.1) is 28.6 Å². The third kappa shape index (κ3) is 1.54. The fraction of sp³-hybridized carbons (Fsp3) is 0.800. The number of hydrogen-bond acceptors (Lipinski definition) is 0. The van der Waals surface area contributed by atoms with Gasteiger partial charge in [0.15, 0.2) is 0 Å². The molecule has 4 rings (SSSR count). The van der Waals surface area contributed by atoms with Gasteiger partial charge in [0.05, 0.1) is 0 Å². The van der Waals surface area contributed by atoms with Crippen LogP contribution in [0.5, 0.6) is 0 Å². The van der Waals surface area contributed by atoms with Crippen LogP contribution in [0.15, 0.2) is 23.8 Å². The van der Waals surface area contributed by atoms with Gasteiger partial charge in [-0.25, -0.2) is 0 Å². The zero-order valence-corrected chi connectivity index (χ0v) is 13.4. The van der Waals surface area contributed by atoms with Crippen LogP contribution < -0.4 is 0 Å². The maximum atomic E-state index is 4.44. The average Bonchev–Trinajstić information content (AvgIpc) is 2.74. The van der Waals surface area contributed by atoms with Gasteiger partial charge in [-0.2, -0.15) is 0 Å². The van der Waals surface area contributed by atoms with Gasteiger partial charge < -0.3 is 0 Å². The van der Waals surface area contributed by atoms with E-state index in [1.165, 1.54) is 57.8 Å². The van der Waals surface area contributed by atoms with Crippen molar-refractivity contribution >= 4 is 0 Å². The van der Waals surface area contributed by atoms with E-state index in [9.17, 15) is 0 Å². The molecule has 110 valence electrons. The lowest BCUT2D eigenvalue weighted by atomic mass is 9.47. The first-order chi connectivity index (χ1) is 9.56. The molecule has 0 aromatic heterocycles. The highest BCUT2D eigenvalue weighted by atomic mass is 14.6. The molecule has 0 nitrogen and oxygen atoms in total. The topological polar surface area (TPSA) is 0 Å². The zero-order valence-electron chi connectivity index (χ0n) is 13.4. The fourth-order valence-corrected chi connectivity index (χ4v) is 6.66. The van der Waals surface area contributed by atoms with Gasteiger partial charge in [0.25, 0.3) is 0 Å². The molecule has 0 amide bonds. The third-order valence-electron chi connectivity index (χ3n) is 7.98. The quantitative estimate of drug-likeness (QED) is 0.481. The van der Waals surface area contributed by atoms with Crippen LogP contribution >= 0.6 is 0 Å². The van der Waals surface area contributed by atoms with Gasteiger partial charge in [-0.1, -0.05) is 37.6 Å². The summed E-state index contributed by atoms with van der Waals surface area (Å²) in [6.45, 7) is 9.59. The Morgan fingerprint density at radius 2 is 1.80 bits per heavy atom. The second-order valence-electron chi connectivity index (χ2n) is 8.55. The van der Waals surface area contributed by atoms with Crippen molar-refractivity contribution in [2.45, 2.75) is 71.6 Å². The Hall–Kier alpha value is -0.520. The molecule has 3 fully saturated rings. The van der Waals surface area contributed by atoms with E-state index in [1.54, 1.807) is 5.57 Å². The first-order valence-electron chi connectivity index (χ1n) is 8.93. The average molecular weight is 270 g/mol. The van der Waals surface area contributed by atoms with Crippen LogP contribution in [0.4, 0.5) is 0 Å². The summed E-state index contributed by atoms with van der Waals surface area (Å²) in [7, 11) is 0. The van der Waals surface area contributed by atoms with E-state index < -0.39 is 0 Å². The summed E-state index contributed by atoms with van der Waals surface area (Å²) >= 11 is 0. The molecule has 0 bridgehead atoms. The van der Waals surface area contributed by atoms with Crippen LogP contribution in [0.1, 0.15) is 71.6 Å². The molecule has 4 aliphatic carbocycles. The monoisotopic (exact) mass is 270 g/mol. The van der Waals surface area contributed by atoms with Crippen LogP contribution in [0.3, 0.4) is 0 Å². The molecule has 0 aromatic rings. The standard InChI is InChI=1S/C20H30/c1-14-7-10-17-16-9-8-15-6-4-5-12-20(15,3)18(16)11-13-19(14,17)2/h6,16-18H,1,4-5,7-13H2,2-3H3/t16-,17-,18+,19+,20-/m0/s1. The number of fused-ring (bicyclic) bond motifs is 5. The summed E-state index contributed by atoms with van der Waals surface area (Å²) in [4.78, 5) is 0. The molecule has 0 aromatic carbocycles. The third-order valence-corrected chi connectivity index (χ3v) is 7.98. The highest BCUT2D eigenvalue weighted by Gasteiger charge is 2.56. The first kappa shape index (κ1) is 13.2. The molecule has 0 radical (unpaired) electrons. The van der Waals surface area contributed by atoms with Crippen LogP contribution in [-0.2, 0) is 0 Å².